The second-order valence-corrected chi connectivity index (χ2v) is 7.33. The molecule has 0 spiro atoms. The molecule has 3 aromatic carbocycles. The molecule has 1 aromatic heterocycles. The van der Waals surface area contributed by atoms with Gasteiger partial charge in [0.15, 0.2) is 11.5 Å². The molecule has 8 nitrogen and oxygen atoms in total. The van der Waals surface area contributed by atoms with Crippen molar-refractivity contribution in [1.82, 2.24) is 0 Å². The van der Waals surface area contributed by atoms with Gasteiger partial charge in [-0.3, -0.25) is 10.1 Å². The lowest BCUT2D eigenvalue weighted by Gasteiger charge is -2.12. The summed E-state index contributed by atoms with van der Waals surface area (Å²) in [7, 11) is 3.09. The number of nitro groups is 1. The van der Waals surface area contributed by atoms with Crippen molar-refractivity contribution in [3.8, 4) is 28.4 Å². The molecular weight excluding hydrogens is 426 g/mol. The van der Waals surface area contributed by atoms with Gasteiger partial charge in [0, 0.05) is 23.6 Å². The van der Waals surface area contributed by atoms with Gasteiger partial charge >= 0.3 is 5.63 Å². The van der Waals surface area contributed by atoms with Gasteiger partial charge in [-0.15, -0.1) is 0 Å². The summed E-state index contributed by atoms with van der Waals surface area (Å²) < 4.78 is 22.0. The Morgan fingerprint density at radius 1 is 0.939 bits per heavy atom. The number of hydrogen-bond acceptors (Lipinski definition) is 7. The first kappa shape index (κ1) is 21.9. The lowest BCUT2D eigenvalue weighted by molar-refractivity contribution is -0.384. The van der Waals surface area contributed by atoms with Crippen LogP contribution in [-0.4, -0.2) is 19.1 Å². The number of non-ortho nitro benzene ring substituents is 1. The normalized spacial score (nSPS) is 10.8. The summed E-state index contributed by atoms with van der Waals surface area (Å²) >= 11 is 0. The van der Waals surface area contributed by atoms with Crippen LogP contribution in [0.2, 0.25) is 0 Å². The standard InChI is InChI=1S/C25H21NO7/c1-15-20-10-9-19(32-14-16-4-7-18(8-5-16)26(28)29)13-22(20)33-25(27)24(15)17-6-11-21(30-2)23(12-17)31-3/h4-13H,14H2,1-3H3. The van der Waals surface area contributed by atoms with E-state index in [1.54, 1.807) is 49.6 Å². The highest BCUT2D eigenvalue weighted by Gasteiger charge is 2.16. The predicted molar refractivity (Wildman–Crippen MR) is 123 cm³/mol. The summed E-state index contributed by atoms with van der Waals surface area (Å²) in [6.45, 7) is 2.08. The number of benzene rings is 3. The van der Waals surface area contributed by atoms with Crippen LogP contribution in [0.1, 0.15) is 11.1 Å². The minimum Gasteiger partial charge on any atom is -0.493 e. The number of ether oxygens (including phenoxy) is 3. The molecule has 4 aromatic rings. The fraction of sp³-hybridized carbons (Fsp3) is 0.160. The van der Waals surface area contributed by atoms with Crippen LogP contribution >= 0.6 is 0 Å². The summed E-state index contributed by atoms with van der Waals surface area (Å²) in [6.07, 6.45) is 0. The monoisotopic (exact) mass is 447 g/mol. The van der Waals surface area contributed by atoms with E-state index in [1.165, 1.54) is 19.2 Å². The Hall–Kier alpha value is -4.33. The highest BCUT2D eigenvalue weighted by atomic mass is 16.6. The van der Waals surface area contributed by atoms with Gasteiger partial charge in [-0.05, 0) is 60.0 Å². The molecule has 0 saturated carbocycles. The van der Waals surface area contributed by atoms with E-state index in [4.69, 9.17) is 18.6 Å². The molecule has 0 fully saturated rings. The number of hydrogen-bond donors (Lipinski definition) is 0. The van der Waals surface area contributed by atoms with Crippen LogP contribution in [-0.2, 0) is 6.61 Å². The molecule has 0 atom stereocenters. The Bertz CT molecular complexity index is 1390. The first-order valence-electron chi connectivity index (χ1n) is 10.1. The lowest BCUT2D eigenvalue weighted by atomic mass is 9.99. The maximum absolute atomic E-state index is 12.9. The third-order valence-corrected chi connectivity index (χ3v) is 5.36. The average molecular weight is 447 g/mol. The van der Waals surface area contributed by atoms with Gasteiger partial charge in [0.25, 0.3) is 5.69 Å². The third kappa shape index (κ3) is 4.36. The van der Waals surface area contributed by atoms with Crippen molar-refractivity contribution in [2.24, 2.45) is 0 Å². The Morgan fingerprint density at radius 2 is 1.67 bits per heavy atom. The fourth-order valence-corrected chi connectivity index (χ4v) is 3.63. The molecule has 4 rings (SSSR count). The second-order valence-electron chi connectivity index (χ2n) is 7.33. The number of aryl methyl sites for hydroxylation is 1. The lowest BCUT2D eigenvalue weighted by Crippen LogP contribution is -2.06. The number of fused-ring (bicyclic) bond motifs is 1. The highest BCUT2D eigenvalue weighted by molar-refractivity contribution is 5.87. The molecule has 0 saturated heterocycles. The maximum Gasteiger partial charge on any atom is 0.344 e. The molecule has 1 heterocycles. The zero-order chi connectivity index (χ0) is 23.5. The van der Waals surface area contributed by atoms with Crippen molar-refractivity contribution in [3.05, 3.63) is 92.3 Å². The van der Waals surface area contributed by atoms with E-state index in [2.05, 4.69) is 0 Å². The van der Waals surface area contributed by atoms with E-state index < -0.39 is 10.5 Å². The summed E-state index contributed by atoms with van der Waals surface area (Å²) in [5.74, 6) is 1.60. The molecule has 0 aliphatic heterocycles. The van der Waals surface area contributed by atoms with Crippen molar-refractivity contribution in [2.75, 3.05) is 14.2 Å². The van der Waals surface area contributed by atoms with Crippen molar-refractivity contribution in [3.63, 3.8) is 0 Å². The SMILES string of the molecule is COc1ccc(-c2c(C)c3ccc(OCc4ccc([N+](=O)[O-])cc4)cc3oc2=O)cc1OC. The van der Waals surface area contributed by atoms with E-state index in [0.717, 1.165) is 16.5 Å². The van der Waals surface area contributed by atoms with Crippen molar-refractivity contribution >= 4 is 16.7 Å². The Labute approximate surface area is 189 Å². The minimum absolute atomic E-state index is 0.0204. The van der Waals surface area contributed by atoms with Crippen LogP contribution in [0.3, 0.4) is 0 Å². The van der Waals surface area contributed by atoms with E-state index in [0.29, 0.717) is 34.0 Å². The molecule has 0 aliphatic rings. The van der Waals surface area contributed by atoms with Gasteiger partial charge in [0.1, 0.15) is 17.9 Å². The van der Waals surface area contributed by atoms with E-state index in [1.807, 2.05) is 13.0 Å². The first-order chi connectivity index (χ1) is 15.9. The number of nitro benzene ring substituents is 1. The zero-order valence-corrected chi connectivity index (χ0v) is 18.3. The van der Waals surface area contributed by atoms with Gasteiger partial charge in [-0.2, -0.15) is 0 Å². The molecule has 0 bridgehead atoms. The van der Waals surface area contributed by atoms with E-state index >= 15 is 0 Å². The second kappa shape index (κ2) is 9.04. The molecule has 168 valence electrons. The molecular formula is C25H21NO7. The van der Waals surface area contributed by atoms with Gasteiger partial charge in [0.05, 0.1) is 24.7 Å². The predicted octanol–water partition coefficient (Wildman–Crippen LogP) is 5.27. The number of methoxy groups -OCH3 is 2. The van der Waals surface area contributed by atoms with Crippen LogP contribution in [0, 0.1) is 17.0 Å². The molecule has 0 unspecified atom stereocenters. The molecule has 0 radical (unpaired) electrons. The largest absolute Gasteiger partial charge is 0.493 e. The van der Waals surface area contributed by atoms with E-state index in [-0.39, 0.29) is 12.3 Å². The quantitative estimate of drug-likeness (QED) is 0.216. The molecule has 0 aliphatic carbocycles. The van der Waals surface area contributed by atoms with Crippen molar-refractivity contribution in [1.29, 1.82) is 0 Å². The smallest absolute Gasteiger partial charge is 0.344 e. The van der Waals surface area contributed by atoms with Gasteiger partial charge in [0.2, 0.25) is 0 Å². The summed E-state index contributed by atoms with van der Waals surface area (Å²) in [6, 6.07) is 16.7. The summed E-state index contributed by atoms with van der Waals surface area (Å²) in [4.78, 5) is 23.2. The highest BCUT2D eigenvalue weighted by Crippen LogP contribution is 2.34. The van der Waals surface area contributed by atoms with Crippen LogP contribution < -0.4 is 19.8 Å². The average Bonchev–Trinajstić information content (AvgIpc) is 2.82. The van der Waals surface area contributed by atoms with Crippen molar-refractivity contribution in [2.45, 2.75) is 13.5 Å². The van der Waals surface area contributed by atoms with Gasteiger partial charge < -0.3 is 18.6 Å². The summed E-state index contributed by atoms with van der Waals surface area (Å²) in [5, 5.41) is 11.6. The number of rotatable bonds is 7. The number of nitrogens with zero attached hydrogens (tertiary/aromatic N) is 1. The minimum atomic E-state index is -0.472. The maximum atomic E-state index is 12.9. The topological polar surface area (TPSA) is 101 Å². The van der Waals surface area contributed by atoms with E-state index in [9.17, 15) is 14.9 Å². The van der Waals surface area contributed by atoms with Crippen LogP contribution in [0.5, 0.6) is 17.2 Å². The Balaban J connectivity index is 1.63. The molecule has 33 heavy (non-hydrogen) atoms. The Kier molecular flexibility index (Phi) is 5.99. The van der Waals surface area contributed by atoms with Crippen molar-refractivity contribution < 1.29 is 23.6 Å². The van der Waals surface area contributed by atoms with Gasteiger partial charge in [-0.25, -0.2) is 4.79 Å². The molecule has 0 amide bonds. The molecule has 8 heteroatoms. The van der Waals surface area contributed by atoms with Crippen LogP contribution in [0.15, 0.2) is 69.9 Å². The van der Waals surface area contributed by atoms with Gasteiger partial charge in [-0.1, -0.05) is 6.07 Å². The Morgan fingerprint density at radius 3 is 2.33 bits per heavy atom. The fourth-order valence-electron chi connectivity index (χ4n) is 3.63. The summed E-state index contributed by atoms with van der Waals surface area (Å²) in [5.41, 5.74) is 2.62. The van der Waals surface area contributed by atoms with Crippen LogP contribution in [0.4, 0.5) is 5.69 Å². The van der Waals surface area contributed by atoms with Crippen LogP contribution in [0.25, 0.3) is 22.1 Å². The first-order valence-corrected chi connectivity index (χ1v) is 10.1. The molecule has 0 N–H and O–H groups in total. The zero-order valence-electron chi connectivity index (χ0n) is 18.3. The third-order valence-electron chi connectivity index (χ3n) is 5.36.